The summed E-state index contributed by atoms with van der Waals surface area (Å²) in [4.78, 5) is 46.8. The molecule has 3 fully saturated rings. The fourth-order valence-electron chi connectivity index (χ4n) is 6.71. The molecule has 5 rings (SSSR count). The maximum absolute atomic E-state index is 13.7. The third kappa shape index (κ3) is 3.26. The number of benzene rings is 1. The number of amides is 1. The number of likely N-dealkylation sites (tertiary alicyclic amines) is 2. The number of rotatable bonds is 3. The zero-order valence-corrected chi connectivity index (χ0v) is 18.1. The minimum Gasteiger partial charge on any atom is -0.329 e. The lowest BCUT2D eigenvalue weighted by Gasteiger charge is -2.49. The number of aromatic nitrogens is 2. The van der Waals surface area contributed by atoms with Crippen molar-refractivity contribution in [3.63, 3.8) is 0 Å². The van der Waals surface area contributed by atoms with Crippen LogP contribution in [0.5, 0.6) is 0 Å². The number of H-pyrrole nitrogens is 2. The van der Waals surface area contributed by atoms with Crippen LogP contribution in [0.25, 0.3) is 0 Å². The van der Waals surface area contributed by atoms with Crippen LogP contribution >= 0.6 is 0 Å². The highest BCUT2D eigenvalue weighted by molar-refractivity contribution is 5.93. The summed E-state index contributed by atoms with van der Waals surface area (Å²) in [7, 11) is 2.22. The van der Waals surface area contributed by atoms with E-state index in [2.05, 4.69) is 53.1 Å². The quantitative estimate of drug-likeness (QED) is 0.793. The van der Waals surface area contributed by atoms with Crippen LogP contribution in [0.1, 0.15) is 55.1 Å². The largest absolute Gasteiger partial charge is 0.329 e. The van der Waals surface area contributed by atoms with E-state index in [4.69, 9.17) is 0 Å². The normalized spacial score (nSPS) is 32.6. The number of nitrogens with one attached hydrogen (secondary N) is 2. The average Bonchev–Trinajstić information content (AvgIpc) is 2.88. The summed E-state index contributed by atoms with van der Waals surface area (Å²) in [5.41, 5.74) is 0.185. The molecule has 0 radical (unpaired) electrons. The average molecular weight is 423 g/mol. The van der Waals surface area contributed by atoms with E-state index in [1.165, 1.54) is 11.6 Å². The molecule has 2 aromatic rings. The van der Waals surface area contributed by atoms with Crippen molar-refractivity contribution < 1.29 is 4.79 Å². The molecule has 7 nitrogen and oxygen atoms in total. The molecule has 0 spiro atoms. The Hall–Kier alpha value is -2.67. The van der Waals surface area contributed by atoms with Gasteiger partial charge in [-0.3, -0.25) is 19.5 Å². The molecule has 7 heteroatoms. The molecule has 5 atom stereocenters. The third-order valence-electron chi connectivity index (χ3n) is 8.04. The Bertz CT molecular complexity index is 1070. The molecular formula is C24H30N4O3. The summed E-state index contributed by atoms with van der Waals surface area (Å²) in [6, 6.07) is 12.4. The molecular weight excluding hydrogens is 392 g/mol. The predicted octanol–water partition coefficient (Wildman–Crippen LogP) is 2.15. The van der Waals surface area contributed by atoms with Crippen LogP contribution in [-0.4, -0.2) is 56.9 Å². The van der Waals surface area contributed by atoms with Gasteiger partial charge in [-0.2, -0.15) is 0 Å². The number of carbonyl (C=O) groups is 1. The molecule has 164 valence electrons. The number of hydrogen-bond donors (Lipinski definition) is 2. The van der Waals surface area contributed by atoms with E-state index >= 15 is 0 Å². The Morgan fingerprint density at radius 1 is 1.10 bits per heavy atom. The summed E-state index contributed by atoms with van der Waals surface area (Å²) in [6.45, 7) is 2.34. The number of hydrogen-bond acceptors (Lipinski definition) is 4. The molecule has 1 amide bonds. The van der Waals surface area contributed by atoms with Crippen LogP contribution in [-0.2, 0) is 6.42 Å². The van der Waals surface area contributed by atoms with Crippen molar-refractivity contribution in [1.82, 2.24) is 19.8 Å². The van der Waals surface area contributed by atoms with Crippen LogP contribution in [0.3, 0.4) is 0 Å². The van der Waals surface area contributed by atoms with Gasteiger partial charge in [0.1, 0.15) is 5.69 Å². The zero-order valence-electron chi connectivity index (χ0n) is 18.1. The van der Waals surface area contributed by atoms with Gasteiger partial charge in [0.15, 0.2) is 0 Å². The molecule has 1 saturated carbocycles. The molecule has 2 bridgehead atoms. The summed E-state index contributed by atoms with van der Waals surface area (Å²) in [6.07, 6.45) is 6.20. The maximum atomic E-state index is 13.7. The Labute approximate surface area is 181 Å². The van der Waals surface area contributed by atoms with Crippen LogP contribution in [0.15, 0.2) is 46.0 Å². The first kappa shape index (κ1) is 20.2. The van der Waals surface area contributed by atoms with Crippen molar-refractivity contribution in [3.05, 3.63) is 68.5 Å². The van der Waals surface area contributed by atoms with E-state index < -0.39 is 11.2 Å². The van der Waals surface area contributed by atoms with Crippen LogP contribution in [0.4, 0.5) is 0 Å². The van der Waals surface area contributed by atoms with Crippen molar-refractivity contribution in [2.24, 2.45) is 5.41 Å². The highest BCUT2D eigenvalue weighted by atomic mass is 16.2. The lowest BCUT2D eigenvalue weighted by atomic mass is 9.69. The Morgan fingerprint density at radius 2 is 1.81 bits per heavy atom. The summed E-state index contributed by atoms with van der Waals surface area (Å²) >= 11 is 0. The van der Waals surface area contributed by atoms with E-state index in [0.717, 1.165) is 38.5 Å². The lowest BCUT2D eigenvalue weighted by Crippen LogP contribution is -2.58. The molecule has 2 aliphatic heterocycles. The summed E-state index contributed by atoms with van der Waals surface area (Å²) < 4.78 is 0. The highest BCUT2D eigenvalue weighted by Crippen LogP contribution is 2.55. The van der Waals surface area contributed by atoms with E-state index in [1.54, 1.807) is 0 Å². The van der Waals surface area contributed by atoms with Gasteiger partial charge in [-0.15, -0.1) is 0 Å². The molecule has 1 aromatic carbocycles. The highest BCUT2D eigenvalue weighted by Gasteiger charge is 2.62. The number of carbonyl (C=O) groups excluding carboxylic acids is 1. The molecule has 0 unspecified atom stereocenters. The second kappa shape index (κ2) is 7.48. The number of nitrogens with zero attached hydrogens (tertiary/aromatic N) is 2. The Balaban J connectivity index is 1.58. The third-order valence-corrected chi connectivity index (χ3v) is 8.04. The maximum Gasteiger partial charge on any atom is 0.326 e. The second-order valence-electron chi connectivity index (χ2n) is 9.73. The predicted molar refractivity (Wildman–Crippen MR) is 118 cm³/mol. The van der Waals surface area contributed by atoms with E-state index in [0.29, 0.717) is 6.04 Å². The minimum absolute atomic E-state index is 0.0141. The number of aromatic amines is 2. The van der Waals surface area contributed by atoms with Crippen LogP contribution in [0.2, 0.25) is 0 Å². The van der Waals surface area contributed by atoms with Crippen LogP contribution < -0.4 is 11.2 Å². The summed E-state index contributed by atoms with van der Waals surface area (Å²) in [5, 5.41) is 0. The van der Waals surface area contributed by atoms with E-state index in [1.807, 2.05) is 11.0 Å². The van der Waals surface area contributed by atoms with Gasteiger partial charge < -0.3 is 9.88 Å². The first-order valence-corrected chi connectivity index (χ1v) is 11.3. The molecule has 3 heterocycles. The number of likely N-dealkylation sites (N-methyl/N-ethyl adjacent to an activating group) is 1. The molecule has 1 aliphatic carbocycles. The van der Waals surface area contributed by atoms with Gasteiger partial charge in [-0.1, -0.05) is 50.1 Å². The van der Waals surface area contributed by atoms with Gasteiger partial charge in [0.2, 0.25) is 0 Å². The van der Waals surface area contributed by atoms with Crippen molar-refractivity contribution >= 4 is 5.91 Å². The van der Waals surface area contributed by atoms with Gasteiger partial charge in [0.05, 0.1) is 0 Å². The van der Waals surface area contributed by atoms with Crippen molar-refractivity contribution in [1.29, 1.82) is 0 Å². The SMILES string of the molecule is CN1[C@@H](Cc2ccccc2)[C@@H]2C[C@@]3(C)[C@H](CCCC[C@@H]13)N2C(=O)c1cc(=O)[nH]c(=O)[nH]1. The van der Waals surface area contributed by atoms with Gasteiger partial charge in [0, 0.05) is 35.6 Å². The molecule has 2 saturated heterocycles. The van der Waals surface area contributed by atoms with Gasteiger partial charge in [-0.25, -0.2) is 4.79 Å². The molecule has 31 heavy (non-hydrogen) atoms. The molecule has 1 aromatic heterocycles. The van der Waals surface area contributed by atoms with Crippen molar-refractivity contribution in [2.75, 3.05) is 7.05 Å². The number of piperidine rings is 1. The second-order valence-corrected chi connectivity index (χ2v) is 9.73. The van der Waals surface area contributed by atoms with Crippen LogP contribution in [0, 0.1) is 5.41 Å². The smallest absolute Gasteiger partial charge is 0.326 e. The van der Waals surface area contributed by atoms with Crippen molar-refractivity contribution in [2.45, 2.75) is 69.6 Å². The number of fused-ring (bicyclic) bond motifs is 1. The van der Waals surface area contributed by atoms with E-state index in [9.17, 15) is 14.4 Å². The Kier molecular flexibility index (Phi) is 4.88. The van der Waals surface area contributed by atoms with Gasteiger partial charge in [0.25, 0.3) is 11.5 Å². The molecule has 3 aliphatic rings. The monoisotopic (exact) mass is 422 g/mol. The van der Waals surface area contributed by atoms with Gasteiger partial charge in [-0.05, 0) is 38.3 Å². The topological polar surface area (TPSA) is 89.3 Å². The van der Waals surface area contributed by atoms with Crippen molar-refractivity contribution in [3.8, 4) is 0 Å². The standard InChI is InChI=1S/C24H30N4O3/c1-24-14-18-17(12-15-8-4-3-5-9-15)27(2)19(24)10-6-7-11-20(24)28(18)22(30)16-13-21(29)26-23(31)25-16/h3-5,8-9,13,17-20H,6-7,10-12,14H2,1-2H3,(H2,25,26,29,31)/t17-,18-,19+,20-,24+/m0/s1. The first-order valence-electron chi connectivity index (χ1n) is 11.3. The summed E-state index contributed by atoms with van der Waals surface area (Å²) in [5.74, 6) is -0.226. The van der Waals surface area contributed by atoms with Gasteiger partial charge >= 0.3 is 5.69 Å². The lowest BCUT2D eigenvalue weighted by molar-refractivity contribution is 0.0155. The minimum atomic E-state index is -0.638. The zero-order chi connectivity index (χ0) is 21.8. The Morgan fingerprint density at radius 3 is 2.52 bits per heavy atom. The van der Waals surface area contributed by atoms with E-state index in [-0.39, 0.29) is 35.1 Å². The fraction of sp³-hybridized carbons (Fsp3) is 0.542. The fourth-order valence-corrected chi connectivity index (χ4v) is 6.71. The first-order chi connectivity index (χ1) is 14.9. The molecule has 2 N–H and O–H groups in total.